The lowest BCUT2D eigenvalue weighted by atomic mass is 9.93. The van der Waals surface area contributed by atoms with Gasteiger partial charge in [0.2, 0.25) is 0 Å². The molecule has 5 nitrogen and oxygen atoms in total. The van der Waals surface area contributed by atoms with Gasteiger partial charge in [0.25, 0.3) is 5.91 Å². The minimum atomic E-state index is -1.04. The molecule has 2 unspecified atom stereocenters. The van der Waals surface area contributed by atoms with E-state index in [1.807, 2.05) is 104 Å². The van der Waals surface area contributed by atoms with Gasteiger partial charge in [-0.15, -0.1) is 0 Å². The molecule has 0 aliphatic rings. The van der Waals surface area contributed by atoms with Gasteiger partial charge in [-0.05, 0) is 88.6 Å². The van der Waals surface area contributed by atoms with Gasteiger partial charge in [-0.2, -0.15) is 11.8 Å². The first kappa shape index (κ1) is 28.1. The van der Waals surface area contributed by atoms with Crippen molar-refractivity contribution < 1.29 is 19.8 Å². The SMILES string of the molecule is CSCCC(NC(=O)c1ccc(/C=C/CC(O)c2ccc3ccccc3c2)cc1-c1ccccc1C)C(=O)O. The maximum Gasteiger partial charge on any atom is 0.326 e. The van der Waals surface area contributed by atoms with Gasteiger partial charge in [-0.1, -0.05) is 78.9 Å². The van der Waals surface area contributed by atoms with Crippen molar-refractivity contribution in [1.82, 2.24) is 5.32 Å². The lowest BCUT2D eigenvalue weighted by Crippen LogP contribution is -2.41. The molecule has 1 amide bonds. The lowest BCUT2D eigenvalue weighted by Gasteiger charge is -2.17. The van der Waals surface area contributed by atoms with Crippen LogP contribution in [0.3, 0.4) is 0 Å². The van der Waals surface area contributed by atoms with Gasteiger partial charge < -0.3 is 15.5 Å². The highest BCUT2D eigenvalue weighted by Gasteiger charge is 2.22. The van der Waals surface area contributed by atoms with Crippen molar-refractivity contribution in [2.24, 2.45) is 0 Å². The molecule has 0 aliphatic heterocycles. The minimum absolute atomic E-state index is 0.349. The predicted molar refractivity (Wildman–Crippen MR) is 161 cm³/mol. The average Bonchev–Trinajstić information content (AvgIpc) is 2.94. The third-order valence-corrected chi connectivity index (χ3v) is 7.41. The number of thioether (sulfide) groups is 1. The highest BCUT2D eigenvalue weighted by molar-refractivity contribution is 7.98. The van der Waals surface area contributed by atoms with E-state index in [1.54, 1.807) is 17.8 Å². The number of aliphatic carboxylic acids is 1. The zero-order chi connectivity index (χ0) is 27.8. The van der Waals surface area contributed by atoms with Crippen LogP contribution in [-0.4, -0.2) is 40.1 Å². The summed E-state index contributed by atoms with van der Waals surface area (Å²) in [7, 11) is 0. The molecule has 0 radical (unpaired) electrons. The normalized spacial score (nSPS) is 12.9. The van der Waals surface area contributed by atoms with E-state index < -0.39 is 24.0 Å². The molecule has 6 heteroatoms. The van der Waals surface area contributed by atoms with Gasteiger partial charge in [0.1, 0.15) is 6.04 Å². The van der Waals surface area contributed by atoms with E-state index in [1.165, 1.54) is 0 Å². The van der Waals surface area contributed by atoms with Gasteiger partial charge in [-0.3, -0.25) is 4.79 Å². The van der Waals surface area contributed by atoms with E-state index in [-0.39, 0.29) is 0 Å². The second-order valence-corrected chi connectivity index (χ2v) is 10.5. The molecule has 0 bridgehead atoms. The first-order valence-corrected chi connectivity index (χ1v) is 14.3. The predicted octanol–water partition coefficient (Wildman–Crippen LogP) is 6.89. The molecule has 3 N–H and O–H groups in total. The van der Waals surface area contributed by atoms with E-state index >= 15 is 0 Å². The number of aliphatic hydroxyl groups is 1. The third-order valence-electron chi connectivity index (χ3n) is 6.77. The summed E-state index contributed by atoms with van der Waals surface area (Å²) >= 11 is 1.54. The van der Waals surface area contributed by atoms with Crippen LogP contribution in [0.1, 0.15) is 46.0 Å². The molecule has 39 heavy (non-hydrogen) atoms. The van der Waals surface area contributed by atoms with Crippen LogP contribution in [-0.2, 0) is 4.79 Å². The fraction of sp³-hybridized carbons (Fsp3) is 0.212. The Morgan fingerprint density at radius 3 is 2.41 bits per heavy atom. The summed E-state index contributed by atoms with van der Waals surface area (Å²) < 4.78 is 0. The Kier molecular flexibility index (Phi) is 9.58. The van der Waals surface area contributed by atoms with E-state index in [4.69, 9.17) is 0 Å². The maximum atomic E-state index is 13.3. The molecule has 4 aromatic rings. The van der Waals surface area contributed by atoms with Crippen molar-refractivity contribution in [3.05, 3.63) is 113 Å². The molecular weight excluding hydrogens is 506 g/mol. The molecule has 0 saturated carbocycles. The summed E-state index contributed by atoms with van der Waals surface area (Å²) in [6.45, 7) is 1.98. The number of hydrogen-bond donors (Lipinski definition) is 3. The largest absolute Gasteiger partial charge is 0.480 e. The molecule has 0 saturated heterocycles. The van der Waals surface area contributed by atoms with Crippen LogP contribution >= 0.6 is 11.8 Å². The Labute approximate surface area is 233 Å². The number of carbonyl (C=O) groups is 2. The number of carboxylic acids is 1. The highest BCUT2D eigenvalue weighted by atomic mass is 32.2. The molecule has 0 fully saturated rings. The second-order valence-electron chi connectivity index (χ2n) is 9.53. The Hall–Kier alpha value is -3.87. The van der Waals surface area contributed by atoms with E-state index in [2.05, 4.69) is 5.32 Å². The number of benzene rings is 4. The van der Waals surface area contributed by atoms with E-state index in [0.717, 1.165) is 38.6 Å². The van der Waals surface area contributed by atoms with Crippen LogP contribution in [0.15, 0.2) is 91.0 Å². The summed E-state index contributed by atoms with van der Waals surface area (Å²) in [4.78, 5) is 25.0. The van der Waals surface area contributed by atoms with Crippen LogP contribution in [0, 0.1) is 6.92 Å². The number of nitrogens with one attached hydrogen (secondary N) is 1. The average molecular weight is 540 g/mol. The molecule has 0 spiro atoms. The van der Waals surface area contributed by atoms with Crippen LogP contribution < -0.4 is 5.32 Å². The van der Waals surface area contributed by atoms with Crippen molar-refractivity contribution in [2.45, 2.75) is 31.9 Å². The number of fused-ring (bicyclic) bond motifs is 1. The highest BCUT2D eigenvalue weighted by Crippen LogP contribution is 2.29. The molecule has 200 valence electrons. The third kappa shape index (κ3) is 7.16. The monoisotopic (exact) mass is 539 g/mol. The zero-order valence-corrected chi connectivity index (χ0v) is 22.9. The summed E-state index contributed by atoms with van der Waals surface area (Å²) in [5, 5.41) is 25.3. The second kappa shape index (κ2) is 13.3. The zero-order valence-electron chi connectivity index (χ0n) is 22.1. The topological polar surface area (TPSA) is 86.6 Å². The van der Waals surface area contributed by atoms with Crippen LogP contribution in [0.2, 0.25) is 0 Å². The molecular formula is C33H33NO4S. The van der Waals surface area contributed by atoms with Crippen LogP contribution in [0.25, 0.3) is 28.0 Å². The van der Waals surface area contributed by atoms with Gasteiger partial charge in [0.15, 0.2) is 0 Å². The van der Waals surface area contributed by atoms with Crippen molar-refractivity contribution in [3.63, 3.8) is 0 Å². The van der Waals surface area contributed by atoms with Crippen molar-refractivity contribution >= 4 is 40.5 Å². The number of aliphatic hydroxyl groups excluding tert-OH is 1. The molecule has 2 atom stereocenters. The van der Waals surface area contributed by atoms with Gasteiger partial charge >= 0.3 is 5.97 Å². The van der Waals surface area contributed by atoms with E-state index in [9.17, 15) is 19.8 Å². The van der Waals surface area contributed by atoms with Crippen LogP contribution in [0.4, 0.5) is 0 Å². The van der Waals surface area contributed by atoms with Crippen molar-refractivity contribution in [2.75, 3.05) is 12.0 Å². The fourth-order valence-electron chi connectivity index (χ4n) is 4.57. The Morgan fingerprint density at radius 2 is 1.67 bits per heavy atom. The Bertz CT molecular complexity index is 1500. The Balaban J connectivity index is 1.57. The number of rotatable bonds is 11. The fourth-order valence-corrected chi connectivity index (χ4v) is 5.05. The summed E-state index contributed by atoms with van der Waals surface area (Å²) in [5.41, 5.74) is 4.82. The summed E-state index contributed by atoms with van der Waals surface area (Å²) in [6.07, 6.45) is 5.93. The van der Waals surface area contributed by atoms with Crippen LogP contribution in [0.5, 0.6) is 0 Å². The first-order valence-electron chi connectivity index (χ1n) is 12.9. The Morgan fingerprint density at radius 1 is 0.923 bits per heavy atom. The number of amides is 1. The minimum Gasteiger partial charge on any atom is -0.480 e. The molecule has 0 aliphatic carbocycles. The first-order chi connectivity index (χ1) is 18.9. The lowest BCUT2D eigenvalue weighted by molar-refractivity contribution is -0.139. The maximum absolute atomic E-state index is 13.3. The molecule has 4 rings (SSSR count). The number of carbonyl (C=O) groups excluding carboxylic acids is 1. The smallest absolute Gasteiger partial charge is 0.326 e. The number of aryl methyl sites for hydroxylation is 1. The molecule has 0 aromatic heterocycles. The van der Waals surface area contributed by atoms with E-state index in [0.29, 0.717) is 24.2 Å². The quantitative estimate of drug-likeness (QED) is 0.193. The number of hydrogen-bond acceptors (Lipinski definition) is 4. The molecule has 4 aromatic carbocycles. The van der Waals surface area contributed by atoms with Crippen molar-refractivity contribution in [1.29, 1.82) is 0 Å². The number of carboxylic acid groups (broad SMARTS) is 1. The summed E-state index contributed by atoms with van der Waals surface area (Å²) in [5.74, 6) is -0.820. The standard InChI is InChI=1S/C33H33NO4S/c1-22-8-3-6-12-27(22)29-20-23(14-17-28(29)32(36)34-30(33(37)38)18-19-39-2)9-7-13-31(35)26-16-15-24-10-4-5-11-25(24)21-26/h3-12,14-17,20-21,30-31,35H,13,18-19H2,1-2H3,(H,34,36)(H,37,38)/b9-7+. The molecule has 0 heterocycles. The van der Waals surface area contributed by atoms with Crippen molar-refractivity contribution in [3.8, 4) is 11.1 Å². The van der Waals surface area contributed by atoms with Gasteiger partial charge in [-0.25, -0.2) is 4.79 Å². The summed E-state index contributed by atoms with van der Waals surface area (Å²) in [6, 6.07) is 26.4. The van der Waals surface area contributed by atoms with Gasteiger partial charge in [0, 0.05) is 5.56 Å². The van der Waals surface area contributed by atoms with Gasteiger partial charge in [0.05, 0.1) is 6.10 Å².